The highest BCUT2D eigenvalue weighted by molar-refractivity contribution is 5.78. The van der Waals surface area contributed by atoms with Gasteiger partial charge in [-0.15, -0.1) is 0 Å². The van der Waals surface area contributed by atoms with Crippen LogP contribution in [0.2, 0.25) is 0 Å². The standard InChI is InChI=1S/C15H24N4O3/c1-2-13-16-15(22-17-13)12-5-3-4-6-19(12)14(20)11-18-7-9-21-10-8-18/h12H,2-11H2,1H3. The summed E-state index contributed by atoms with van der Waals surface area (Å²) in [5.41, 5.74) is 0. The summed E-state index contributed by atoms with van der Waals surface area (Å²) >= 11 is 0. The molecule has 3 rings (SSSR count). The summed E-state index contributed by atoms with van der Waals surface area (Å²) in [4.78, 5) is 21.2. The van der Waals surface area contributed by atoms with Gasteiger partial charge >= 0.3 is 0 Å². The lowest BCUT2D eigenvalue weighted by molar-refractivity contribution is -0.138. The Morgan fingerprint density at radius 3 is 2.82 bits per heavy atom. The Labute approximate surface area is 130 Å². The molecule has 0 radical (unpaired) electrons. The molecule has 1 atom stereocenters. The second kappa shape index (κ2) is 7.19. The van der Waals surface area contributed by atoms with E-state index in [1.807, 2.05) is 11.8 Å². The molecule has 1 amide bonds. The summed E-state index contributed by atoms with van der Waals surface area (Å²) in [5, 5.41) is 3.97. The van der Waals surface area contributed by atoms with Crippen LogP contribution >= 0.6 is 0 Å². The summed E-state index contributed by atoms with van der Waals surface area (Å²) in [6.07, 6.45) is 3.79. The van der Waals surface area contributed by atoms with Gasteiger partial charge in [0.25, 0.3) is 0 Å². The minimum absolute atomic E-state index is 0.0601. The second-order valence-corrected chi connectivity index (χ2v) is 5.89. The molecule has 22 heavy (non-hydrogen) atoms. The number of rotatable bonds is 4. The Balaban J connectivity index is 1.67. The van der Waals surface area contributed by atoms with Crippen molar-refractivity contribution in [1.82, 2.24) is 19.9 Å². The molecular weight excluding hydrogens is 284 g/mol. The molecule has 2 aliphatic rings. The van der Waals surface area contributed by atoms with Crippen molar-refractivity contribution in [2.45, 2.75) is 38.6 Å². The molecule has 0 aromatic carbocycles. The van der Waals surface area contributed by atoms with E-state index in [0.717, 1.165) is 45.3 Å². The third-order valence-electron chi connectivity index (χ3n) is 4.37. The van der Waals surface area contributed by atoms with Crippen molar-refractivity contribution in [1.29, 1.82) is 0 Å². The van der Waals surface area contributed by atoms with Gasteiger partial charge in [0, 0.05) is 26.1 Å². The molecule has 7 heteroatoms. The van der Waals surface area contributed by atoms with Crippen molar-refractivity contribution in [2.24, 2.45) is 0 Å². The molecule has 1 aromatic rings. The second-order valence-electron chi connectivity index (χ2n) is 5.89. The van der Waals surface area contributed by atoms with Crippen LogP contribution < -0.4 is 0 Å². The van der Waals surface area contributed by atoms with Crippen LogP contribution in [0.4, 0.5) is 0 Å². The average molecular weight is 308 g/mol. The molecule has 2 fully saturated rings. The van der Waals surface area contributed by atoms with Gasteiger partial charge in [0.2, 0.25) is 11.8 Å². The van der Waals surface area contributed by atoms with E-state index in [9.17, 15) is 4.79 Å². The smallest absolute Gasteiger partial charge is 0.249 e. The summed E-state index contributed by atoms with van der Waals surface area (Å²) in [6, 6.07) is -0.0601. The highest BCUT2D eigenvalue weighted by atomic mass is 16.5. The molecule has 122 valence electrons. The maximum atomic E-state index is 12.7. The third-order valence-corrected chi connectivity index (χ3v) is 4.37. The Morgan fingerprint density at radius 1 is 1.27 bits per heavy atom. The zero-order chi connectivity index (χ0) is 15.4. The predicted molar refractivity (Wildman–Crippen MR) is 79.2 cm³/mol. The van der Waals surface area contributed by atoms with Crippen LogP contribution in [0.1, 0.15) is 43.9 Å². The third kappa shape index (κ3) is 3.47. The molecule has 3 heterocycles. The van der Waals surface area contributed by atoms with Gasteiger partial charge in [0.15, 0.2) is 5.82 Å². The molecule has 0 bridgehead atoms. The summed E-state index contributed by atoms with van der Waals surface area (Å²) < 4.78 is 10.7. The van der Waals surface area contributed by atoms with Crippen LogP contribution in [0.3, 0.4) is 0 Å². The SMILES string of the molecule is CCc1noc(C2CCCCN2C(=O)CN2CCOCC2)n1. The fourth-order valence-corrected chi connectivity index (χ4v) is 3.07. The van der Waals surface area contributed by atoms with E-state index >= 15 is 0 Å². The topological polar surface area (TPSA) is 71.7 Å². The van der Waals surface area contributed by atoms with E-state index in [1.54, 1.807) is 0 Å². The van der Waals surface area contributed by atoms with Gasteiger partial charge in [-0.2, -0.15) is 4.98 Å². The Bertz CT molecular complexity index is 499. The first kappa shape index (κ1) is 15.4. The lowest BCUT2D eigenvalue weighted by atomic mass is 10.0. The fraction of sp³-hybridized carbons (Fsp3) is 0.800. The van der Waals surface area contributed by atoms with Crippen molar-refractivity contribution in [3.05, 3.63) is 11.7 Å². The Hall–Kier alpha value is -1.47. The van der Waals surface area contributed by atoms with Crippen LogP contribution in [0, 0.1) is 0 Å². The van der Waals surface area contributed by atoms with E-state index in [-0.39, 0.29) is 11.9 Å². The van der Waals surface area contributed by atoms with Crippen molar-refractivity contribution in [2.75, 3.05) is 39.4 Å². The van der Waals surface area contributed by atoms with Crippen LogP contribution in [0.25, 0.3) is 0 Å². The molecule has 1 aromatic heterocycles. The number of likely N-dealkylation sites (tertiary alicyclic amines) is 1. The number of aryl methyl sites for hydroxylation is 1. The largest absolute Gasteiger partial charge is 0.379 e. The normalized spacial score (nSPS) is 23.7. The number of carbonyl (C=O) groups excluding carboxylic acids is 1. The molecule has 7 nitrogen and oxygen atoms in total. The highest BCUT2D eigenvalue weighted by Crippen LogP contribution is 2.30. The van der Waals surface area contributed by atoms with E-state index in [1.165, 1.54) is 0 Å². The minimum Gasteiger partial charge on any atom is -0.379 e. The molecule has 0 aliphatic carbocycles. The number of nitrogens with zero attached hydrogens (tertiary/aromatic N) is 4. The van der Waals surface area contributed by atoms with E-state index in [2.05, 4.69) is 15.0 Å². The number of piperidine rings is 1. The van der Waals surface area contributed by atoms with Gasteiger partial charge < -0.3 is 14.2 Å². The zero-order valence-electron chi connectivity index (χ0n) is 13.2. The van der Waals surface area contributed by atoms with Gasteiger partial charge in [0.1, 0.15) is 6.04 Å². The number of morpholine rings is 1. The summed E-state index contributed by atoms with van der Waals surface area (Å²) in [6.45, 7) is 6.29. The maximum absolute atomic E-state index is 12.7. The molecule has 2 saturated heterocycles. The lowest BCUT2D eigenvalue weighted by Crippen LogP contribution is -2.47. The van der Waals surface area contributed by atoms with Gasteiger partial charge in [0.05, 0.1) is 19.8 Å². The van der Waals surface area contributed by atoms with Crippen LogP contribution in [0.15, 0.2) is 4.52 Å². The molecule has 1 unspecified atom stereocenters. The van der Waals surface area contributed by atoms with Crippen molar-refractivity contribution < 1.29 is 14.1 Å². The number of ether oxygens (including phenoxy) is 1. The number of aromatic nitrogens is 2. The van der Waals surface area contributed by atoms with E-state index in [0.29, 0.717) is 31.5 Å². The Kier molecular flexibility index (Phi) is 5.04. The number of hydrogen-bond donors (Lipinski definition) is 0. The fourth-order valence-electron chi connectivity index (χ4n) is 3.07. The first-order valence-corrected chi connectivity index (χ1v) is 8.20. The van der Waals surface area contributed by atoms with E-state index < -0.39 is 0 Å². The van der Waals surface area contributed by atoms with Crippen molar-refractivity contribution >= 4 is 5.91 Å². The zero-order valence-corrected chi connectivity index (χ0v) is 13.2. The Morgan fingerprint density at radius 2 is 2.09 bits per heavy atom. The summed E-state index contributed by atoms with van der Waals surface area (Å²) in [5.74, 6) is 1.45. The maximum Gasteiger partial charge on any atom is 0.249 e. The first-order valence-electron chi connectivity index (χ1n) is 8.20. The van der Waals surface area contributed by atoms with Crippen molar-refractivity contribution in [3.8, 4) is 0 Å². The van der Waals surface area contributed by atoms with Gasteiger partial charge in [-0.25, -0.2) is 0 Å². The first-order chi connectivity index (χ1) is 10.8. The van der Waals surface area contributed by atoms with Gasteiger partial charge in [-0.1, -0.05) is 12.1 Å². The molecule has 0 N–H and O–H groups in total. The lowest BCUT2D eigenvalue weighted by Gasteiger charge is -2.35. The highest BCUT2D eigenvalue weighted by Gasteiger charge is 2.32. The van der Waals surface area contributed by atoms with Crippen LogP contribution in [0.5, 0.6) is 0 Å². The van der Waals surface area contributed by atoms with Gasteiger partial charge in [-0.3, -0.25) is 9.69 Å². The molecular formula is C15H24N4O3. The molecule has 0 spiro atoms. The van der Waals surface area contributed by atoms with E-state index in [4.69, 9.17) is 9.26 Å². The monoisotopic (exact) mass is 308 g/mol. The number of amides is 1. The van der Waals surface area contributed by atoms with Crippen LogP contribution in [-0.2, 0) is 16.0 Å². The minimum atomic E-state index is -0.0601. The van der Waals surface area contributed by atoms with Gasteiger partial charge in [-0.05, 0) is 19.3 Å². The number of hydrogen-bond acceptors (Lipinski definition) is 6. The average Bonchev–Trinajstić information content (AvgIpc) is 3.05. The quantitative estimate of drug-likeness (QED) is 0.827. The number of carbonyl (C=O) groups is 1. The van der Waals surface area contributed by atoms with Crippen molar-refractivity contribution in [3.63, 3.8) is 0 Å². The molecule has 2 aliphatic heterocycles. The van der Waals surface area contributed by atoms with Crippen LogP contribution in [-0.4, -0.2) is 65.2 Å². The predicted octanol–water partition coefficient (Wildman–Crippen LogP) is 1.02. The summed E-state index contributed by atoms with van der Waals surface area (Å²) in [7, 11) is 0. The molecule has 0 saturated carbocycles.